The Balaban J connectivity index is 1.87. The van der Waals surface area contributed by atoms with E-state index in [4.69, 9.17) is 32.7 Å². The Bertz CT molecular complexity index is 872. The Morgan fingerprint density at radius 2 is 1.74 bits per heavy atom. The molecule has 0 saturated carbocycles. The van der Waals surface area contributed by atoms with Crippen LogP contribution in [0.1, 0.15) is 12.0 Å². The average molecular weight is 410 g/mol. The van der Waals surface area contributed by atoms with E-state index in [1.807, 2.05) is 0 Å². The van der Waals surface area contributed by atoms with Gasteiger partial charge in [0.1, 0.15) is 6.42 Å². The highest BCUT2D eigenvalue weighted by Crippen LogP contribution is 2.27. The largest absolute Gasteiger partial charge is 0.493 e. The van der Waals surface area contributed by atoms with E-state index in [1.165, 1.54) is 26.5 Å². The number of halogens is 2. The molecule has 2 amide bonds. The minimum absolute atomic E-state index is 0.304. The van der Waals surface area contributed by atoms with Crippen LogP contribution in [0, 0.1) is 0 Å². The molecule has 0 bridgehead atoms. The fraction of sp³-hybridized carbons (Fsp3) is 0.167. The first kappa shape index (κ1) is 20.5. The van der Waals surface area contributed by atoms with Crippen LogP contribution in [0.4, 0.5) is 5.69 Å². The second-order valence-corrected chi connectivity index (χ2v) is 6.08. The number of benzene rings is 2. The van der Waals surface area contributed by atoms with Crippen LogP contribution in [0.25, 0.3) is 0 Å². The summed E-state index contributed by atoms with van der Waals surface area (Å²) in [6.07, 6.45) is 1.03. The normalized spacial score (nSPS) is 10.5. The number of carbonyl (C=O) groups is 2. The summed E-state index contributed by atoms with van der Waals surface area (Å²) in [5.41, 5.74) is 3.41. The van der Waals surface area contributed by atoms with Crippen molar-refractivity contribution in [2.24, 2.45) is 5.10 Å². The first-order valence-corrected chi connectivity index (χ1v) is 8.47. The number of anilines is 1. The maximum Gasteiger partial charge on any atom is 0.249 e. The zero-order valence-corrected chi connectivity index (χ0v) is 16.1. The molecule has 2 N–H and O–H groups in total. The third kappa shape index (κ3) is 6.16. The molecule has 27 heavy (non-hydrogen) atoms. The molecule has 0 atom stereocenters. The highest BCUT2D eigenvalue weighted by molar-refractivity contribution is 6.42. The maximum absolute atomic E-state index is 11.9. The van der Waals surface area contributed by atoms with Crippen LogP contribution in [-0.2, 0) is 9.59 Å². The van der Waals surface area contributed by atoms with Gasteiger partial charge >= 0.3 is 0 Å². The van der Waals surface area contributed by atoms with Gasteiger partial charge in [-0.2, -0.15) is 5.10 Å². The highest BCUT2D eigenvalue weighted by Gasteiger charge is 2.10. The van der Waals surface area contributed by atoms with E-state index >= 15 is 0 Å². The Morgan fingerprint density at radius 3 is 2.41 bits per heavy atom. The number of nitrogens with one attached hydrogen (secondary N) is 2. The zero-order valence-electron chi connectivity index (χ0n) is 14.6. The predicted molar refractivity (Wildman–Crippen MR) is 105 cm³/mol. The zero-order chi connectivity index (χ0) is 19.8. The smallest absolute Gasteiger partial charge is 0.249 e. The quantitative estimate of drug-likeness (QED) is 0.416. The summed E-state index contributed by atoms with van der Waals surface area (Å²) in [5.74, 6) is 0.0444. The van der Waals surface area contributed by atoms with Crippen LogP contribution in [0.15, 0.2) is 41.5 Å². The third-order valence-electron chi connectivity index (χ3n) is 3.33. The highest BCUT2D eigenvalue weighted by atomic mass is 35.5. The van der Waals surface area contributed by atoms with Crippen molar-refractivity contribution >= 4 is 46.9 Å². The Morgan fingerprint density at radius 1 is 1.00 bits per heavy atom. The molecule has 0 fully saturated rings. The second-order valence-electron chi connectivity index (χ2n) is 5.26. The van der Waals surface area contributed by atoms with Crippen molar-refractivity contribution < 1.29 is 19.1 Å². The summed E-state index contributed by atoms with van der Waals surface area (Å²) < 4.78 is 10.3. The monoisotopic (exact) mass is 409 g/mol. The molecular weight excluding hydrogens is 393 g/mol. The number of hydrogen-bond donors (Lipinski definition) is 2. The van der Waals surface area contributed by atoms with Crippen molar-refractivity contribution in [3.8, 4) is 11.5 Å². The number of hydrazone groups is 1. The topological polar surface area (TPSA) is 89.0 Å². The molecule has 0 heterocycles. The minimum Gasteiger partial charge on any atom is -0.493 e. The van der Waals surface area contributed by atoms with E-state index in [0.29, 0.717) is 32.8 Å². The van der Waals surface area contributed by atoms with E-state index in [-0.39, 0.29) is 0 Å². The van der Waals surface area contributed by atoms with Crippen molar-refractivity contribution in [3.05, 3.63) is 52.0 Å². The summed E-state index contributed by atoms with van der Waals surface area (Å²) in [4.78, 5) is 23.7. The van der Waals surface area contributed by atoms with Gasteiger partial charge in [-0.15, -0.1) is 0 Å². The van der Waals surface area contributed by atoms with Crippen LogP contribution in [0.3, 0.4) is 0 Å². The minimum atomic E-state index is -0.565. The van der Waals surface area contributed by atoms with Gasteiger partial charge in [0.15, 0.2) is 11.5 Å². The van der Waals surface area contributed by atoms with Gasteiger partial charge in [0.05, 0.1) is 30.5 Å². The fourth-order valence-electron chi connectivity index (χ4n) is 2.08. The standard InChI is InChI=1S/C18H17Cl2N3O4/c1-26-15-6-3-11(7-16(15)27-2)10-21-23-18(25)9-17(24)22-12-4-5-13(19)14(20)8-12/h3-8,10H,9H2,1-2H3,(H,22,24)(H,23,25). The molecule has 0 aliphatic heterocycles. The number of amides is 2. The molecule has 0 spiro atoms. The van der Waals surface area contributed by atoms with E-state index in [9.17, 15) is 9.59 Å². The molecule has 7 nitrogen and oxygen atoms in total. The number of hydrogen-bond acceptors (Lipinski definition) is 5. The summed E-state index contributed by atoms with van der Waals surface area (Å²) in [5, 5.41) is 7.05. The van der Waals surface area contributed by atoms with Gasteiger partial charge in [0, 0.05) is 5.69 Å². The van der Waals surface area contributed by atoms with E-state index in [1.54, 1.807) is 30.3 Å². The summed E-state index contributed by atoms with van der Waals surface area (Å²) in [6.45, 7) is 0. The number of ether oxygens (including phenoxy) is 2. The molecule has 0 radical (unpaired) electrons. The third-order valence-corrected chi connectivity index (χ3v) is 4.07. The molecule has 0 aliphatic rings. The van der Waals surface area contributed by atoms with Gasteiger partial charge < -0.3 is 14.8 Å². The second kappa shape index (κ2) is 9.80. The van der Waals surface area contributed by atoms with E-state index in [2.05, 4.69) is 15.8 Å². The Kier molecular flexibility index (Phi) is 7.45. The van der Waals surface area contributed by atoms with Gasteiger partial charge in [-0.1, -0.05) is 23.2 Å². The van der Waals surface area contributed by atoms with Gasteiger partial charge in [-0.05, 0) is 42.0 Å². The lowest BCUT2D eigenvalue weighted by Crippen LogP contribution is -2.24. The molecule has 9 heteroatoms. The molecule has 142 valence electrons. The van der Waals surface area contributed by atoms with Crippen LogP contribution in [0.5, 0.6) is 11.5 Å². The molecule has 0 aromatic heterocycles. The number of carbonyl (C=O) groups excluding carboxylic acids is 2. The SMILES string of the molecule is COc1ccc(C=NNC(=O)CC(=O)Nc2ccc(Cl)c(Cl)c2)cc1OC. The fourth-order valence-corrected chi connectivity index (χ4v) is 2.37. The van der Waals surface area contributed by atoms with Gasteiger partial charge in [0.25, 0.3) is 0 Å². The first-order valence-electron chi connectivity index (χ1n) is 7.71. The van der Waals surface area contributed by atoms with Crippen molar-refractivity contribution in [2.75, 3.05) is 19.5 Å². The number of nitrogens with zero attached hydrogens (tertiary/aromatic N) is 1. The lowest BCUT2D eigenvalue weighted by molar-refractivity contribution is -0.126. The van der Waals surface area contributed by atoms with E-state index in [0.717, 1.165) is 0 Å². The molecule has 2 aromatic rings. The van der Waals surface area contributed by atoms with Gasteiger partial charge in [-0.25, -0.2) is 5.43 Å². The Labute approximate surface area is 166 Å². The molecule has 0 aliphatic carbocycles. The van der Waals surface area contributed by atoms with Crippen LogP contribution < -0.4 is 20.2 Å². The predicted octanol–water partition coefficient (Wildman–Crippen LogP) is 3.49. The Hall–Kier alpha value is -2.77. The lowest BCUT2D eigenvalue weighted by atomic mass is 10.2. The van der Waals surface area contributed by atoms with E-state index < -0.39 is 18.2 Å². The maximum atomic E-state index is 11.9. The van der Waals surface area contributed by atoms with Crippen molar-refractivity contribution in [3.63, 3.8) is 0 Å². The molecular formula is C18H17Cl2N3O4. The first-order chi connectivity index (χ1) is 12.9. The summed E-state index contributed by atoms with van der Waals surface area (Å²) in [6, 6.07) is 9.79. The van der Waals surface area contributed by atoms with Crippen LogP contribution in [-0.4, -0.2) is 32.2 Å². The van der Waals surface area contributed by atoms with Crippen molar-refractivity contribution in [1.29, 1.82) is 0 Å². The van der Waals surface area contributed by atoms with Crippen molar-refractivity contribution in [2.45, 2.75) is 6.42 Å². The number of rotatable bonds is 7. The summed E-state index contributed by atoms with van der Waals surface area (Å²) in [7, 11) is 3.06. The van der Waals surface area contributed by atoms with Gasteiger partial charge in [-0.3, -0.25) is 9.59 Å². The van der Waals surface area contributed by atoms with Crippen LogP contribution in [0.2, 0.25) is 10.0 Å². The van der Waals surface area contributed by atoms with Crippen molar-refractivity contribution in [1.82, 2.24) is 5.43 Å². The molecule has 0 unspecified atom stereocenters. The number of methoxy groups -OCH3 is 2. The van der Waals surface area contributed by atoms with Gasteiger partial charge in [0.2, 0.25) is 11.8 Å². The van der Waals surface area contributed by atoms with Crippen LogP contribution >= 0.6 is 23.2 Å². The molecule has 2 aromatic carbocycles. The lowest BCUT2D eigenvalue weighted by Gasteiger charge is -2.07. The molecule has 0 saturated heterocycles. The summed E-state index contributed by atoms with van der Waals surface area (Å²) >= 11 is 11.7. The molecule has 2 rings (SSSR count). The average Bonchev–Trinajstić information content (AvgIpc) is 2.64.